The highest BCUT2D eigenvalue weighted by Gasteiger charge is 2.19. The van der Waals surface area contributed by atoms with Crippen LogP contribution in [-0.2, 0) is 23.6 Å². The van der Waals surface area contributed by atoms with Gasteiger partial charge < -0.3 is 14.6 Å². The maximum atomic E-state index is 12.4. The fourth-order valence-electron chi connectivity index (χ4n) is 2.18. The Morgan fingerprint density at radius 1 is 1.40 bits per heavy atom. The van der Waals surface area contributed by atoms with Crippen LogP contribution in [0.2, 0.25) is 0 Å². The standard InChI is InChI=1S/C16H22N4O4S/c1-4-8-24-16-12(6-5-7-18-16)10-19-15(21)14-9-13(11-20(14)3)25(22,23)17-2/h5-7,9,11,17H,4,8,10H2,1-3H3,(H,19,21). The van der Waals surface area contributed by atoms with Crippen LogP contribution in [0.15, 0.2) is 35.5 Å². The van der Waals surface area contributed by atoms with Gasteiger partial charge >= 0.3 is 0 Å². The third-order valence-electron chi connectivity index (χ3n) is 3.52. The number of aryl methyl sites for hydroxylation is 1. The average molecular weight is 366 g/mol. The number of rotatable bonds is 8. The van der Waals surface area contributed by atoms with Crippen LogP contribution in [0.3, 0.4) is 0 Å². The largest absolute Gasteiger partial charge is 0.477 e. The molecule has 0 bridgehead atoms. The summed E-state index contributed by atoms with van der Waals surface area (Å²) >= 11 is 0. The third-order valence-corrected chi connectivity index (χ3v) is 4.91. The summed E-state index contributed by atoms with van der Waals surface area (Å²) < 4.78 is 32.9. The van der Waals surface area contributed by atoms with Crippen molar-refractivity contribution >= 4 is 15.9 Å². The van der Waals surface area contributed by atoms with E-state index in [2.05, 4.69) is 15.0 Å². The SMILES string of the molecule is CCCOc1ncccc1CNC(=O)c1cc(S(=O)(=O)NC)cn1C. The zero-order valence-electron chi connectivity index (χ0n) is 14.4. The van der Waals surface area contributed by atoms with Crippen LogP contribution in [0.5, 0.6) is 5.88 Å². The summed E-state index contributed by atoms with van der Waals surface area (Å²) in [5.41, 5.74) is 0.996. The average Bonchev–Trinajstić information content (AvgIpc) is 3.01. The summed E-state index contributed by atoms with van der Waals surface area (Å²) in [6.45, 7) is 2.77. The number of nitrogens with zero attached hydrogens (tertiary/aromatic N) is 2. The molecule has 0 unspecified atom stereocenters. The molecule has 2 heterocycles. The normalized spacial score (nSPS) is 11.3. The van der Waals surface area contributed by atoms with Crippen LogP contribution in [-0.4, -0.2) is 37.5 Å². The molecule has 0 fully saturated rings. The molecule has 2 aromatic heterocycles. The van der Waals surface area contributed by atoms with E-state index in [-0.39, 0.29) is 23.0 Å². The zero-order valence-corrected chi connectivity index (χ0v) is 15.3. The minimum atomic E-state index is -3.60. The van der Waals surface area contributed by atoms with Crippen molar-refractivity contribution in [3.63, 3.8) is 0 Å². The lowest BCUT2D eigenvalue weighted by molar-refractivity contribution is 0.0942. The highest BCUT2D eigenvalue weighted by Crippen LogP contribution is 2.16. The Kier molecular flexibility index (Phi) is 6.16. The van der Waals surface area contributed by atoms with Gasteiger partial charge in [0.1, 0.15) is 10.6 Å². The van der Waals surface area contributed by atoms with Gasteiger partial charge in [-0.3, -0.25) is 4.79 Å². The van der Waals surface area contributed by atoms with E-state index >= 15 is 0 Å². The molecule has 0 saturated heterocycles. The first-order valence-electron chi connectivity index (χ1n) is 7.83. The molecule has 136 valence electrons. The molecule has 9 heteroatoms. The second-order valence-electron chi connectivity index (χ2n) is 5.38. The lowest BCUT2D eigenvalue weighted by Gasteiger charge is -2.10. The molecule has 0 radical (unpaired) electrons. The first kappa shape index (κ1) is 18.9. The maximum absolute atomic E-state index is 12.4. The van der Waals surface area contributed by atoms with Crippen molar-refractivity contribution in [3.05, 3.63) is 41.9 Å². The van der Waals surface area contributed by atoms with E-state index < -0.39 is 10.0 Å². The quantitative estimate of drug-likeness (QED) is 0.727. The van der Waals surface area contributed by atoms with Crippen LogP contribution in [0.4, 0.5) is 0 Å². The van der Waals surface area contributed by atoms with Gasteiger partial charge in [-0.05, 0) is 25.6 Å². The zero-order chi connectivity index (χ0) is 18.4. The van der Waals surface area contributed by atoms with Gasteiger partial charge in [-0.15, -0.1) is 0 Å². The minimum Gasteiger partial charge on any atom is -0.477 e. The van der Waals surface area contributed by atoms with Crippen molar-refractivity contribution in [2.24, 2.45) is 7.05 Å². The molecule has 0 aliphatic heterocycles. The third kappa shape index (κ3) is 4.58. The second kappa shape index (κ2) is 8.13. The Labute approximate surface area is 147 Å². The van der Waals surface area contributed by atoms with E-state index in [1.807, 2.05) is 13.0 Å². The van der Waals surface area contributed by atoms with Crippen molar-refractivity contribution in [3.8, 4) is 5.88 Å². The molecule has 1 amide bonds. The summed E-state index contributed by atoms with van der Waals surface area (Å²) in [4.78, 5) is 16.6. The summed E-state index contributed by atoms with van der Waals surface area (Å²) in [6, 6.07) is 4.92. The van der Waals surface area contributed by atoms with Gasteiger partial charge in [0.15, 0.2) is 0 Å². The molecule has 0 saturated carbocycles. The molecular weight excluding hydrogens is 344 g/mol. The number of hydrogen-bond donors (Lipinski definition) is 2. The number of carbonyl (C=O) groups is 1. The second-order valence-corrected chi connectivity index (χ2v) is 7.26. The summed E-state index contributed by atoms with van der Waals surface area (Å²) in [5.74, 6) is 0.0975. The first-order chi connectivity index (χ1) is 11.9. The summed E-state index contributed by atoms with van der Waals surface area (Å²) in [7, 11) is -0.662. The Morgan fingerprint density at radius 2 is 2.16 bits per heavy atom. The van der Waals surface area contributed by atoms with Crippen LogP contribution < -0.4 is 14.8 Å². The van der Waals surface area contributed by atoms with E-state index in [1.165, 1.54) is 23.9 Å². The van der Waals surface area contributed by atoms with Gasteiger partial charge in [0.05, 0.1) is 6.61 Å². The van der Waals surface area contributed by atoms with Crippen LogP contribution in [0.25, 0.3) is 0 Å². The first-order valence-corrected chi connectivity index (χ1v) is 9.32. The van der Waals surface area contributed by atoms with Crippen molar-refractivity contribution in [1.82, 2.24) is 19.6 Å². The molecule has 2 rings (SSSR count). The topological polar surface area (TPSA) is 102 Å². The maximum Gasteiger partial charge on any atom is 0.268 e. The molecule has 0 spiro atoms. The molecule has 0 aliphatic rings. The van der Waals surface area contributed by atoms with E-state index in [1.54, 1.807) is 19.3 Å². The Balaban J connectivity index is 2.11. The smallest absolute Gasteiger partial charge is 0.268 e. The fraction of sp³-hybridized carbons (Fsp3) is 0.375. The highest BCUT2D eigenvalue weighted by atomic mass is 32.2. The predicted molar refractivity (Wildman–Crippen MR) is 92.9 cm³/mol. The number of amides is 1. The number of nitrogens with one attached hydrogen (secondary N) is 2. The van der Waals surface area contributed by atoms with Crippen molar-refractivity contribution in [2.45, 2.75) is 24.8 Å². The van der Waals surface area contributed by atoms with Gasteiger partial charge in [-0.25, -0.2) is 18.1 Å². The molecule has 2 aromatic rings. The Bertz CT molecular complexity index is 846. The van der Waals surface area contributed by atoms with E-state index in [0.717, 1.165) is 12.0 Å². The fourth-order valence-corrected chi connectivity index (χ4v) is 2.98. The monoisotopic (exact) mass is 366 g/mol. The van der Waals surface area contributed by atoms with E-state index in [9.17, 15) is 13.2 Å². The molecule has 0 aliphatic carbocycles. The number of sulfonamides is 1. The van der Waals surface area contributed by atoms with Crippen molar-refractivity contribution in [1.29, 1.82) is 0 Å². The summed E-state index contributed by atoms with van der Waals surface area (Å²) in [6.07, 6.45) is 3.87. The summed E-state index contributed by atoms with van der Waals surface area (Å²) in [5, 5.41) is 2.76. The lowest BCUT2D eigenvalue weighted by atomic mass is 10.2. The molecular formula is C16H22N4O4S. The van der Waals surface area contributed by atoms with Crippen LogP contribution in [0, 0.1) is 0 Å². The minimum absolute atomic E-state index is 0.0380. The number of carbonyl (C=O) groups excluding carboxylic acids is 1. The van der Waals surface area contributed by atoms with Gasteiger partial charge in [-0.1, -0.05) is 13.0 Å². The van der Waals surface area contributed by atoms with Gasteiger partial charge in [-0.2, -0.15) is 0 Å². The lowest BCUT2D eigenvalue weighted by Crippen LogP contribution is -2.25. The Hall–Kier alpha value is -2.39. The van der Waals surface area contributed by atoms with Gasteiger partial charge in [0.2, 0.25) is 15.9 Å². The predicted octanol–water partition coefficient (Wildman–Crippen LogP) is 1.05. The van der Waals surface area contributed by atoms with Crippen molar-refractivity contribution in [2.75, 3.05) is 13.7 Å². The van der Waals surface area contributed by atoms with E-state index in [0.29, 0.717) is 12.5 Å². The number of hydrogen-bond acceptors (Lipinski definition) is 5. The molecule has 0 aromatic carbocycles. The Morgan fingerprint density at radius 3 is 2.84 bits per heavy atom. The van der Waals surface area contributed by atoms with E-state index in [4.69, 9.17) is 4.74 Å². The molecule has 8 nitrogen and oxygen atoms in total. The van der Waals surface area contributed by atoms with Gasteiger partial charge in [0, 0.05) is 31.5 Å². The number of pyridine rings is 1. The van der Waals surface area contributed by atoms with Crippen molar-refractivity contribution < 1.29 is 17.9 Å². The molecule has 25 heavy (non-hydrogen) atoms. The molecule has 0 atom stereocenters. The van der Waals surface area contributed by atoms with Gasteiger partial charge in [0.25, 0.3) is 5.91 Å². The highest BCUT2D eigenvalue weighted by molar-refractivity contribution is 7.89. The van der Waals surface area contributed by atoms with Crippen LogP contribution in [0.1, 0.15) is 29.4 Å². The number of ether oxygens (including phenoxy) is 1. The van der Waals surface area contributed by atoms with Crippen LogP contribution >= 0.6 is 0 Å². The molecule has 2 N–H and O–H groups in total. The number of aromatic nitrogens is 2.